The van der Waals surface area contributed by atoms with E-state index in [4.69, 9.17) is 0 Å². The van der Waals surface area contributed by atoms with Crippen molar-refractivity contribution in [3.8, 4) is 11.4 Å². The molecule has 5 rings (SSSR count). The lowest BCUT2D eigenvalue weighted by Crippen LogP contribution is -2.38. The predicted octanol–water partition coefficient (Wildman–Crippen LogP) is 4.26. The summed E-state index contributed by atoms with van der Waals surface area (Å²) in [6.07, 6.45) is 5.69. The van der Waals surface area contributed by atoms with Gasteiger partial charge in [0.05, 0.1) is 11.5 Å². The van der Waals surface area contributed by atoms with E-state index in [1.807, 2.05) is 28.9 Å². The maximum Gasteiger partial charge on any atom is 0.235 e. The van der Waals surface area contributed by atoms with E-state index in [9.17, 15) is 9.18 Å². The standard InChI is InChI=1S/C22H22FN5O/c23-17-8-6-16(7-9-17)22(12-1-2-13-22)21(29)24-18-5-3-4-15(14-18)20-25-26-27-28(20)19-10-11-19/h3-9,14,19H,1-2,10-13H2,(H,24,29). The molecule has 0 unspecified atom stereocenters. The molecule has 1 heterocycles. The Balaban J connectivity index is 1.42. The molecule has 29 heavy (non-hydrogen) atoms. The molecule has 0 bridgehead atoms. The van der Waals surface area contributed by atoms with Crippen molar-refractivity contribution in [1.29, 1.82) is 0 Å². The quantitative estimate of drug-likeness (QED) is 0.705. The number of carbonyl (C=O) groups is 1. The molecule has 6 nitrogen and oxygen atoms in total. The van der Waals surface area contributed by atoms with Crippen LogP contribution in [-0.2, 0) is 10.2 Å². The van der Waals surface area contributed by atoms with Crippen LogP contribution in [0.3, 0.4) is 0 Å². The van der Waals surface area contributed by atoms with Gasteiger partial charge in [-0.05, 0) is 65.9 Å². The van der Waals surface area contributed by atoms with E-state index in [1.54, 1.807) is 12.1 Å². The number of hydrogen-bond donors (Lipinski definition) is 1. The first-order valence-corrected chi connectivity index (χ1v) is 10.1. The number of amides is 1. The molecule has 7 heteroatoms. The first kappa shape index (κ1) is 18.0. The molecule has 0 spiro atoms. The molecule has 0 atom stereocenters. The maximum absolute atomic E-state index is 13.4. The zero-order valence-corrected chi connectivity index (χ0v) is 16.0. The van der Waals surface area contributed by atoms with Crippen LogP contribution >= 0.6 is 0 Å². The van der Waals surface area contributed by atoms with Crippen LogP contribution in [0.4, 0.5) is 10.1 Å². The van der Waals surface area contributed by atoms with Crippen molar-refractivity contribution in [2.24, 2.45) is 0 Å². The predicted molar refractivity (Wildman–Crippen MR) is 107 cm³/mol. The third-order valence-electron chi connectivity index (χ3n) is 6.05. The SMILES string of the molecule is O=C(Nc1cccc(-c2nnnn2C2CC2)c1)C1(c2ccc(F)cc2)CCCC1. The monoisotopic (exact) mass is 391 g/mol. The molecule has 148 valence electrons. The molecule has 1 amide bonds. The summed E-state index contributed by atoms with van der Waals surface area (Å²) in [7, 11) is 0. The summed E-state index contributed by atoms with van der Waals surface area (Å²) in [4.78, 5) is 13.4. The van der Waals surface area contributed by atoms with Crippen molar-refractivity contribution >= 4 is 11.6 Å². The molecule has 0 saturated heterocycles. The molecule has 2 fully saturated rings. The minimum atomic E-state index is -0.612. The largest absolute Gasteiger partial charge is 0.325 e. The van der Waals surface area contributed by atoms with Gasteiger partial charge in [0.15, 0.2) is 5.82 Å². The molecule has 2 aromatic carbocycles. The first-order chi connectivity index (χ1) is 14.2. The highest BCUT2D eigenvalue weighted by Crippen LogP contribution is 2.42. The van der Waals surface area contributed by atoms with Crippen LogP contribution in [0.15, 0.2) is 48.5 Å². The van der Waals surface area contributed by atoms with Crippen LogP contribution in [0.2, 0.25) is 0 Å². The van der Waals surface area contributed by atoms with E-state index in [2.05, 4.69) is 20.8 Å². The van der Waals surface area contributed by atoms with E-state index < -0.39 is 5.41 Å². The van der Waals surface area contributed by atoms with E-state index in [0.29, 0.717) is 11.7 Å². The van der Waals surface area contributed by atoms with Gasteiger partial charge in [0.1, 0.15) is 5.82 Å². The van der Waals surface area contributed by atoms with Crippen molar-refractivity contribution in [2.45, 2.75) is 50.0 Å². The van der Waals surface area contributed by atoms with Crippen LogP contribution in [0, 0.1) is 5.82 Å². The highest BCUT2D eigenvalue weighted by Gasteiger charge is 2.42. The number of benzene rings is 2. The number of hydrogen-bond acceptors (Lipinski definition) is 4. The van der Waals surface area contributed by atoms with Crippen LogP contribution < -0.4 is 5.32 Å². The van der Waals surface area contributed by atoms with Gasteiger partial charge >= 0.3 is 0 Å². The molecular formula is C22H22FN5O. The fourth-order valence-electron chi connectivity index (χ4n) is 4.33. The Hall–Kier alpha value is -3.09. The Labute approximate surface area is 168 Å². The van der Waals surface area contributed by atoms with Gasteiger partial charge in [-0.15, -0.1) is 5.10 Å². The minimum Gasteiger partial charge on any atom is -0.325 e. The van der Waals surface area contributed by atoms with Gasteiger partial charge < -0.3 is 5.32 Å². The summed E-state index contributed by atoms with van der Waals surface area (Å²) < 4.78 is 15.3. The average molecular weight is 391 g/mol. The third-order valence-corrected chi connectivity index (χ3v) is 6.05. The number of nitrogens with zero attached hydrogens (tertiary/aromatic N) is 4. The topological polar surface area (TPSA) is 72.7 Å². The Bertz CT molecular complexity index is 1040. The molecule has 3 aromatic rings. The lowest BCUT2D eigenvalue weighted by molar-refractivity contribution is -0.121. The van der Waals surface area contributed by atoms with Gasteiger partial charge in [-0.2, -0.15) is 0 Å². The van der Waals surface area contributed by atoms with Gasteiger partial charge in [-0.25, -0.2) is 9.07 Å². The maximum atomic E-state index is 13.4. The van der Waals surface area contributed by atoms with Crippen molar-refractivity contribution < 1.29 is 9.18 Å². The summed E-state index contributed by atoms with van der Waals surface area (Å²) in [5.41, 5.74) is 1.86. The highest BCUT2D eigenvalue weighted by molar-refractivity contribution is 5.99. The minimum absolute atomic E-state index is 0.0412. The number of nitrogens with one attached hydrogen (secondary N) is 1. The van der Waals surface area contributed by atoms with Crippen LogP contribution in [0.25, 0.3) is 11.4 Å². The van der Waals surface area contributed by atoms with E-state index in [0.717, 1.165) is 55.5 Å². The zero-order chi connectivity index (χ0) is 19.8. The Morgan fingerprint density at radius 2 is 1.86 bits per heavy atom. The second kappa shape index (κ2) is 7.06. The molecule has 0 aliphatic heterocycles. The van der Waals surface area contributed by atoms with E-state index >= 15 is 0 Å². The molecule has 0 radical (unpaired) electrons. The highest BCUT2D eigenvalue weighted by atomic mass is 19.1. The Kier molecular flexibility index (Phi) is 4.38. The lowest BCUT2D eigenvalue weighted by atomic mass is 9.78. The van der Waals surface area contributed by atoms with Crippen molar-refractivity contribution in [3.05, 3.63) is 59.9 Å². The number of tetrazole rings is 1. The van der Waals surface area contributed by atoms with Crippen LogP contribution in [-0.4, -0.2) is 26.1 Å². The normalized spacial score (nSPS) is 18.0. The van der Waals surface area contributed by atoms with E-state index in [1.165, 1.54) is 12.1 Å². The first-order valence-electron chi connectivity index (χ1n) is 10.1. The van der Waals surface area contributed by atoms with Crippen LogP contribution in [0.5, 0.6) is 0 Å². The molecule has 2 aliphatic rings. The Morgan fingerprint density at radius 1 is 1.10 bits per heavy atom. The van der Waals surface area contributed by atoms with Gasteiger partial charge in [0.25, 0.3) is 0 Å². The third kappa shape index (κ3) is 3.30. The van der Waals surface area contributed by atoms with Crippen LogP contribution in [0.1, 0.15) is 50.1 Å². The number of rotatable bonds is 5. The summed E-state index contributed by atoms with van der Waals surface area (Å²) in [5, 5.41) is 15.2. The molecule has 1 N–H and O–H groups in total. The Morgan fingerprint density at radius 3 is 2.59 bits per heavy atom. The summed E-state index contributed by atoms with van der Waals surface area (Å²) in [5.74, 6) is 0.390. The molecule has 2 aliphatic carbocycles. The zero-order valence-electron chi connectivity index (χ0n) is 16.0. The number of aromatic nitrogens is 4. The number of anilines is 1. The summed E-state index contributed by atoms with van der Waals surface area (Å²) in [6.45, 7) is 0. The van der Waals surface area contributed by atoms with Crippen molar-refractivity contribution in [2.75, 3.05) is 5.32 Å². The molecule has 1 aromatic heterocycles. The van der Waals surface area contributed by atoms with Crippen molar-refractivity contribution in [1.82, 2.24) is 20.2 Å². The number of halogens is 1. The van der Waals surface area contributed by atoms with E-state index in [-0.39, 0.29) is 11.7 Å². The lowest BCUT2D eigenvalue weighted by Gasteiger charge is -2.28. The molecular weight excluding hydrogens is 369 g/mol. The summed E-state index contributed by atoms with van der Waals surface area (Å²) in [6, 6.07) is 14.3. The van der Waals surface area contributed by atoms with Crippen molar-refractivity contribution in [3.63, 3.8) is 0 Å². The second-order valence-corrected chi connectivity index (χ2v) is 8.01. The molecule has 2 saturated carbocycles. The fraction of sp³-hybridized carbons (Fsp3) is 0.364. The fourth-order valence-corrected chi connectivity index (χ4v) is 4.33. The van der Waals surface area contributed by atoms with Gasteiger partial charge in [0, 0.05) is 11.3 Å². The smallest absolute Gasteiger partial charge is 0.235 e. The van der Waals surface area contributed by atoms with Gasteiger partial charge in [-0.1, -0.05) is 37.1 Å². The average Bonchev–Trinajstić information content (AvgIpc) is 3.25. The summed E-state index contributed by atoms with van der Waals surface area (Å²) >= 11 is 0. The van der Waals surface area contributed by atoms with Gasteiger partial charge in [-0.3, -0.25) is 4.79 Å². The number of carbonyl (C=O) groups excluding carboxylic acids is 1. The van der Waals surface area contributed by atoms with Gasteiger partial charge in [0.2, 0.25) is 5.91 Å². The second-order valence-electron chi connectivity index (χ2n) is 8.01.